The first-order valence-electron chi connectivity index (χ1n) is 8.31. The molecule has 0 unspecified atom stereocenters. The lowest BCUT2D eigenvalue weighted by atomic mass is 10.0. The lowest BCUT2D eigenvalue weighted by Gasteiger charge is -2.06. The van der Waals surface area contributed by atoms with Gasteiger partial charge in [0.2, 0.25) is 5.89 Å². The van der Waals surface area contributed by atoms with Crippen LogP contribution in [0.2, 0.25) is 0 Å². The highest BCUT2D eigenvalue weighted by Crippen LogP contribution is 2.33. The van der Waals surface area contributed by atoms with E-state index in [1.54, 1.807) is 6.07 Å². The standard InChI is InChI=1S/C21H13F3N2O2/c22-21(23,24)14-7-4-8-15(11-14)25-12-18-20(27)28-19(26-18)17-10-3-6-13-5-1-2-9-16(13)17/h1-12,27H. The first kappa shape index (κ1) is 17.8. The van der Waals surface area contributed by atoms with Gasteiger partial charge in [-0.25, -0.2) is 4.98 Å². The van der Waals surface area contributed by atoms with Crippen molar-refractivity contribution in [3.05, 3.63) is 78.0 Å². The number of alkyl halides is 3. The number of halogens is 3. The fraction of sp³-hybridized carbons (Fsp3) is 0.0476. The Bertz CT molecular complexity index is 1170. The molecule has 0 saturated heterocycles. The van der Waals surface area contributed by atoms with Gasteiger partial charge in [0.1, 0.15) is 0 Å². The maximum Gasteiger partial charge on any atom is 0.416 e. The molecule has 0 aliphatic rings. The first-order chi connectivity index (χ1) is 13.4. The highest BCUT2D eigenvalue weighted by molar-refractivity contribution is 5.95. The van der Waals surface area contributed by atoms with Crippen LogP contribution in [0.15, 0.2) is 76.1 Å². The summed E-state index contributed by atoms with van der Waals surface area (Å²) >= 11 is 0. The predicted molar refractivity (Wildman–Crippen MR) is 99.8 cm³/mol. The van der Waals surface area contributed by atoms with Gasteiger partial charge in [-0.15, -0.1) is 0 Å². The molecule has 0 aliphatic heterocycles. The van der Waals surface area contributed by atoms with E-state index in [2.05, 4.69) is 9.98 Å². The van der Waals surface area contributed by atoms with Crippen molar-refractivity contribution in [1.29, 1.82) is 0 Å². The number of rotatable bonds is 3. The molecule has 0 aliphatic carbocycles. The number of nitrogens with zero attached hydrogens (tertiary/aromatic N) is 2. The molecule has 0 atom stereocenters. The number of aliphatic imine (C=N–C) groups is 1. The molecule has 0 saturated carbocycles. The van der Waals surface area contributed by atoms with Crippen LogP contribution in [-0.2, 0) is 6.18 Å². The van der Waals surface area contributed by atoms with Crippen molar-refractivity contribution in [2.24, 2.45) is 4.99 Å². The Morgan fingerprint density at radius 1 is 0.964 bits per heavy atom. The van der Waals surface area contributed by atoms with Gasteiger partial charge in [0.25, 0.3) is 0 Å². The lowest BCUT2D eigenvalue weighted by Crippen LogP contribution is -2.03. The fourth-order valence-electron chi connectivity index (χ4n) is 2.83. The monoisotopic (exact) mass is 382 g/mol. The molecule has 4 aromatic rings. The molecule has 7 heteroatoms. The Labute approximate surface area is 157 Å². The summed E-state index contributed by atoms with van der Waals surface area (Å²) in [6.07, 6.45) is -3.29. The maximum atomic E-state index is 12.8. The zero-order valence-electron chi connectivity index (χ0n) is 14.3. The van der Waals surface area contributed by atoms with E-state index in [4.69, 9.17) is 4.42 Å². The fourth-order valence-corrected chi connectivity index (χ4v) is 2.83. The Balaban J connectivity index is 1.68. The first-order valence-corrected chi connectivity index (χ1v) is 8.31. The minimum absolute atomic E-state index is 0.0281. The molecule has 4 nitrogen and oxygen atoms in total. The SMILES string of the molecule is Oc1oc(-c2cccc3ccccc23)nc1C=Nc1cccc(C(F)(F)F)c1. The Hall–Kier alpha value is -3.61. The van der Waals surface area contributed by atoms with Crippen LogP contribution in [0.4, 0.5) is 18.9 Å². The quantitative estimate of drug-likeness (QED) is 0.444. The molecular weight excluding hydrogens is 369 g/mol. The van der Waals surface area contributed by atoms with Gasteiger partial charge >= 0.3 is 12.1 Å². The van der Waals surface area contributed by atoms with Gasteiger partial charge in [-0.1, -0.05) is 42.5 Å². The van der Waals surface area contributed by atoms with Crippen molar-refractivity contribution in [2.45, 2.75) is 6.18 Å². The van der Waals surface area contributed by atoms with Gasteiger partial charge in [0, 0.05) is 5.56 Å². The van der Waals surface area contributed by atoms with Crippen molar-refractivity contribution in [3.8, 4) is 17.4 Å². The van der Waals surface area contributed by atoms with E-state index in [1.165, 1.54) is 18.3 Å². The van der Waals surface area contributed by atoms with E-state index in [-0.39, 0.29) is 17.3 Å². The summed E-state index contributed by atoms with van der Waals surface area (Å²) in [5.41, 5.74) is -0.000584. The molecule has 0 fully saturated rings. The highest BCUT2D eigenvalue weighted by Gasteiger charge is 2.30. The summed E-state index contributed by atoms with van der Waals surface area (Å²) in [6.45, 7) is 0. The molecule has 0 radical (unpaired) electrons. The van der Waals surface area contributed by atoms with Gasteiger partial charge in [0.05, 0.1) is 17.5 Å². The second kappa shape index (κ2) is 6.84. The number of fused-ring (bicyclic) bond motifs is 1. The number of aromatic hydroxyl groups is 1. The Morgan fingerprint density at radius 3 is 2.54 bits per heavy atom. The molecule has 0 spiro atoms. The molecule has 3 aromatic carbocycles. The third-order valence-corrected chi connectivity index (χ3v) is 4.16. The molecule has 1 N–H and O–H groups in total. The molecule has 0 amide bonds. The summed E-state index contributed by atoms with van der Waals surface area (Å²) in [7, 11) is 0. The van der Waals surface area contributed by atoms with Gasteiger partial charge in [-0.05, 0) is 35.0 Å². The normalized spacial score (nSPS) is 12.1. The molecule has 0 bridgehead atoms. The predicted octanol–water partition coefficient (Wildman–Crippen LogP) is 5.97. The van der Waals surface area contributed by atoms with E-state index in [9.17, 15) is 18.3 Å². The maximum absolute atomic E-state index is 12.8. The van der Waals surface area contributed by atoms with Crippen molar-refractivity contribution in [3.63, 3.8) is 0 Å². The smallest absolute Gasteiger partial charge is 0.416 e. The van der Waals surface area contributed by atoms with Crippen LogP contribution in [0.1, 0.15) is 11.3 Å². The number of benzene rings is 3. The second-order valence-electron chi connectivity index (χ2n) is 6.04. The van der Waals surface area contributed by atoms with Crippen LogP contribution in [0.3, 0.4) is 0 Å². The van der Waals surface area contributed by atoms with Crippen molar-refractivity contribution in [1.82, 2.24) is 4.98 Å². The molecule has 28 heavy (non-hydrogen) atoms. The summed E-state index contributed by atoms with van der Waals surface area (Å²) in [6, 6.07) is 17.8. The summed E-state index contributed by atoms with van der Waals surface area (Å²) < 4.78 is 43.7. The summed E-state index contributed by atoms with van der Waals surface area (Å²) in [5.74, 6) is -0.265. The topological polar surface area (TPSA) is 58.6 Å². The number of oxazole rings is 1. The number of hydrogen-bond donors (Lipinski definition) is 1. The van der Waals surface area contributed by atoms with Crippen LogP contribution in [0.5, 0.6) is 5.95 Å². The third kappa shape index (κ3) is 3.46. The number of hydrogen-bond acceptors (Lipinski definition) is 4. The lowest BCUT2D eigenvalue weighted by molar-refractivity contribution is -0.137. The van der Waals surface area contributed by atoms with Crippen LogP contribution in [0, 0.1) is 0 Å². The van der Waals surface area contributed by atoms with E-state index >= 15 is 0 Å². The second-order valence-corrected chi connectivity index (χ2v) is 6.04. The molecule has 4 rings (SSSR count). The highest BCUT2D eigenvalue weighted by atomic mass is 19.4. The molecule has 1 heterocycles. The van der Waals surface area contributed by atoms with Gasteiger partial charge < -0.3 is 9.52 Å². The van der Waals surface area contributed by atoms with E-state index < -0.39 is 17.7 Å². The van der Waals surface area contributed by atoms with Gasteiger partial charge in [-0.3, -0.25) is 4.99 Å². The minimum atomic E-state index is -4.46. The van der Waals surface area contributed by atoms with Crippen molar-refractivity contribution in [2.75, 3.05) is 0 Å². The zero-order valence-corrected chi connectivity index (χ0v) is 14.3. The summed E-state index contributed by atoms with van der Waals surface area (Å²) in [4.78, 5) is 8.20. The van der Waals surface area contributed by atoms with Crippen molar-refractivity contribution >= 4 is 22.7 Å². The molecule has 140 valence electrons. The molecule has 1 aromatic heterocycles. The third-order valence-electron chi connectivity index (χ3n) is 4.16. The largest absolute Gasteiger partial charge is 0.479 e. The summed E-state index contributed by atoms with van der Waals surface area (Å²) in [5, 5.41) is 11.9. The van der Waals surface area contributed by atoms with Crippen LogP contribution >= 0.6 is 0 Å². The zero-order chi connectivity index (χ0) is 19.7. The molecular formula is C21H13F3N2O2. The van der Waals surface area contributed by atoms with Gasteiger partial charge in [0.15, 0.2) is 5.69 Å². The van der Waals surface area contributed by atoms with E-state index in [1.807, 2.05) is 36.4 Å². The van der Waals surface area contributed by atoms with Gasteiger partial charge in [-0.2, -0.15) is 13.2 Å². The average molecular weight is 382 g/mol. The van der Waals surface area contributed by atoms with E-state index in [0.717, 1.165) is 22.9 Å². The van der Waals surface area contributed by atoms with Crippen LogP contribution in [-0.4, -0.2) is 16.3 Å². The average Bonchev–Trinajstić information content (AvgIpc) is 3.06. The van der Waals surface area contributed by atoms with Crippen LogP contribution < -0.4 is 0 Å². The Kier molecular flexibility index (Phi) is 4.35. The van der Waals surface area contributed by atoms with E-state index in [0.29, 0.717) is 5.56 Å². The number of aromatic nitrogens is 1. The van der Waals surface area contributed by atoms with Crippen LogP contribution in [0.25, 0.3) is 22.2 Å². The van der Waals surface area contributed by atoms with Crippen molar-refractivity contribution < 1.29 is 22.7 Å². The Morgan fingerprint density at radius 2 is 1.71 bits per heavy atom. The minimum Gasteiger partial charge on any atom is -0.479 e.